The van der Waals surface area contributed by atoms with E-state index in [1.807, 2.05) is 30.3 Å². The van der Waals surface area contributed by atoms with Crippen molar-refractivity contribution in [3.63, 3.8) is 0 Å². The smallest absolute Gasteiger partial charge is 0.174 e. The van der Waals surface area contributed by atoms with Crippen LogP contribution in [0.4, 0.5) is 0 Å². The van der Waals surface area contributed by atoms with Crippen LogP contribution in [-0.4, -0.2) is 11.6 Å². The Morgan fingerprint density at radius 1 is 0.875 bits per heavy atom. The van der Waals surface area contributed by atoms with E-state index in [1.165, 1.54) is 11.1 Å². The van der Waals surface area contributed by atoms with Gasteiger partial charge < -0.3 is 14.2 Å². The molecule has 3 aromatic rings. The lowest BCUT2D eigenvalue weighted by Gasteiger charge is -2.27. The number of hydrogen-bond donors (Lipinski definition) is 0. The lowest BCUT2D eigenvalue weighted by atomic mass is 9.87. The maximum atomic E-state index is 6.25. The molecule has 1 aliphatic heterocycles. The average molecular weight is 432 g/mol. The van der Waals surface area contributed by atoms with Gasteiger partial charge in [0.1, 0.15) is 18.1 Å². The van der Waals surface area contributed by atoms with Gasteiger partial charge in [-0.05, 0) is 64.8 Å². The minimum absolute atomic E-state index is 0.121. The highest BCUT2D eigenvalue weighted by atomic mass is 16.6. The monoisotopic (exact) mass is 431 g/mol. The van der Waals surface area contributed by atoms with Gasteiger partial charge in [0.2, 0.25) is 0 Å². The Hall–Kier alpha value is -3.01. The molecule has 4 nitrogen and oxygen atoms in total. The van der Waals surface area contributed by atoms with E-state index in [-0.39, 0.29) is 16.9 Å². The van der Waals surface area contributed by atoms with Gasteiger partial charge in [0.15, 0.2) is 17.6 Å². The van der Waals surface area contributed by atoms with Crippen LogP contribution in [0.2, 0.25) is 0 Å². The Morgan fingerprint density at radius 3 is 2.22 bits per heavy atom. The fourth-order valence-electron chi connectivity index (χ4n) is 3.79. The van der Waals surface area contributed by atoms with E-state index < -0.39 is 0 Å². The van der Waals surface area contributed by atoms with Crippen molar-refractivity contribution in [3.8, 4) is 23.0 Å². The van der Waals surface area contributed by atoms with Gasteiger partial charge in [-0.25, -0.2) is 0 Å². The van der Waals surface area contributed by atoms with Crippen LogP contribution in [0.1, 0.15) is 64.5 Å². The molecular formula is C28H33NO3. The van der Waals surface area contributed by atoms with Gasteiger partial charge in [-0.2, -0.15) is 0 Å². The SMILES string of the molecule is CC(C)(C)Cc1ccc2c(c1)OC(c1ccc(Oc3ccc(C(C)(C)C)cc3)cn1)CO2. The molecule has 0 spiro atoms. The van der Waals surface area contributed by atoms with E-state index in [1.54, 1.807) is 6.20 Å². The molecule has 0 fully saturated rings. The molecule has 1 aromatic heterocycles. The zero-order valence-corrected chi connectivity index (χ0v) is 19.9. The number of nitrogens with zero attached hydrogens (tertiary/aromatic N) is 1. The first-order chi connectivity index (χ1) is 15.1. The van der Waals surface area contributed by atoms with Crippen LogP contribution in [0.3, 0.4) is 0 Å². The minimum atomic E-state index is -0.243. The summed E-state index contributed by atoms with van der Waals surface area (Å²) >= 11 is 0. The number of fused-ring (bicyclic) bond motifs is 1. The number of ether oxygens (including phenoxy) is 3. The van der Waals surface area contributed by atoms with Crippen molar-refractivity contribution in [3.05, 3.63) is 77.6 Å². The van der Waals surface area contributed by atoms with Crippen molar-refractivity contribution in [2.75, 3.05) is 6.61 Å². The van der Waals surface area contributed by atoms with Gasteiger partial charge in [-0.3, -0.25) is 4.98 Å². The van der Waals surface area contributed by atoms with Crippen LogP contribution < -0.4 is 14.2 Å². The highest BCUT2D eigenvalue weighted by Gasteiger charge is 2.25. The molecular weight excluding hydrogens is 398 g/mol. The first kappa shape index (κ1) is 22.2. The maximum Gasteiger partial charge on any atom is 0.174 e. The summed E-state index contributed by atoms with van der Waals surface area (Å²) < 4.78 is 18.2. The lowest BCUT2D eigenvalue weighted by Crippen LogP contribution is -2.22. The third-order valence-electron chi connectivity index (χ3n) is 5.45. The Morgan fingerprint density at radius 2 is 1.59 bits per heavy atom. The predicted octanol–water partition coefficient (Wildman–Crippen LogP) is 7.27. The number of aromatic nitrogens is 1. The molecule has 4 rings (SSSR count). The van der Waals surface area contributed by atoms with Crippen LogP contribution in [0.25, 0.3) is 0 Å². The molecule has 2 heterocycles. The van der Waals surface area contributed by atoms with E-state index in [4.69, 9.17) is 14.2 Å². The largest absolute Gasteiger partial charge is 0.485 e. The molecule has 168 valence electrons. The molecule has 2 aromatic carbocycles. The number of hydrogen-bond acceptors (Lipinski definition) is 4. The first-order valence-electron chi connectivity index (χ1n) is 11.2. The van der Waals surface area contributed by atoms with Crippen molar-refractivity contribution < 1.29 is 14.2 Å². The van der Waals surface area contributed by atoms with Gasteiger partial charge in [-0.1, -0.05) is 59.7 Å². The molecule has 0 bridgehead atoms. The van der Waals surface area contributed by atoms with Gasteiger partial charge in [-0.15, -0.1) is 0 Å². The molecule has 1 aliphatic rings. The summed E-state index contributed by atoms with van der Waals surface area (Å²) in [5.74, 6) is 3.06. The summed E-state index contributed by atoms with van der Waals surface area (Å²) in [6, 6.07) is 18.3. The molecule has 1 atom stereocenters. The second-order valence-corrected chi connectivity index (χ2v) is 10.7. The summed E-state index contributed by atoms with van der Waals surface area (Å²) in [5, 5.41) is 0. The topological polar surface area (TPSA) is 40.6 Å². The number of rotatable bonds is 4. The summed E-state index contributed by atoms with van der Waals surface area (Å²) in [4.78, 5) is 4.58. The third kappa shape index (κ3) is 5.42. The molecule has 0 aliphatic carbocycles. The molecule has 0 amide bonds. The second-order valence-electron chi connectivity index (χ2n) is 10.7. The van der Waals surface area contributed by atoms with Crippen LogP contribution in [-0.2, 0) is 11.8 Å². The summed E-state index contributed by atoms with van der Waals surface area (Å²) in [5.41, 5.74) is 3.68. The van der Waals surface area contributed by atoms with Crippen molar-refractivity contribution in [2.24, 2.45) is 5.41 Å². The second kappa shape index (κ2) is 8.50. The van der Waals surface area contributed by atoms with Crippen molar-refractivity contribution in [1.82, 2.24) is 4.98 Å². The Balaban J connectivity index is 1.43. The van der Waals surface area contributed by atoms with Gasteiger partial charge in [0, 0.05) is 0 Å². The third-order valence-corrected chi connectivity index (χ3v) is 5.45. The fourth-order valence-corrected chi connectivity index (χ4v) is 3.79. The van der Waals surface area contributed by atoms with Crippen LogP contribution in [0, 0.1) is 5.41 Å². The molecule has 4 heteroatoms. The Bertz CT molecular complexity index is 1060. The highest BCUT2D eigenvalue weighted by Crippen LogP contribution is 2.38. The highest BCUT2D eigenvalue weighted by molar-refractivity contribution is 5.45. The minimum Gasteiger partial charge on any atom is -0.485 e. The lowest BCUT2D eigenvalue weighted by molar-refractivity contribution is 0.0880. The zero-order valence-electron chi connectivity index (χ0n) is 19.9. The molecule has 0 saturated heterocycles. The van der Waals surface area contributed by atoms with Crippen molar-refractivity contribution >= 4 is 0 Å². The number of pyridine rings is 1. The van der Waals surface area contributed by atoms with Crippen LogP contribution >= 0.6 is 0 Å². The van der Waals surface area contributed by atoms with Crippen LogP contribution in [0.15, 0.2) is 60.8 Å². The van der Waals surface area contributed by atoms with Gasteiger partial charge >= 0.3 is 0 Å². The van der Waals surface area contributed by atoms with Crippen molar-refractivity contribution in [1.29, 1.82) is 0 Å². The number of benzene rings is 2. The van der Waals surface area contributed by atoms with E-state index in [0.717, 1.165) is 29.4 Å². The van der Waals surface area contributed by atoms with E-state index >= 15 is 0 Å². The molecule has 1 unspecified atom stereocenters. The summed E-state index contributed by atoms with van der Waals surface area (Å²) in [6.45, 7) is 13.7. The van der Waals surface area contributed by atoms with Crippen molar-refractivity contribution in [2.45, 2.75) is 59.5 Å². The molecule has 0 N–H and O–H groups in total. The van der Waals surface area contributed by atoms with Gasteiger partial charge in [0.05, 0.1) is 11.9 Å². The summed E-state index contributed by atoms with van der Waals surface area (Å²) in [7, 11) is 0. The van der Waals surface area contributed by atoms with Crippen LogP contribution in [0.5, 0.6) is 23.0 Å². The Kier molecular flexibility index (Phi) is 5.89. The zero-order chi connectivity index (χ0) is 22.9. The normalized spacial score (nSPS) is 16.0. The molecule has 32 heavy (non-hydrogen) atoms. The first-order valence-corrected chi connectivity index (χ1v) is 11.2. The predicted molar refractivity (Wildman–Crippen MR) is 128 cm³/mol. The molecule has 0 radical (unpaired) electrons. The average Bonchev–Trinajstić information content (AvgIpc) is 2.72. The fraction of sp³-hybridized carbons (Fsp3) is 0.393. The quantitative estimate of drug-likeness (QED) is 0.435. The Labute approximate surface area is 191 Å². The van der Waals surface area contributed by atoms with E-state index in [9.17, 15) is 0 Å². The maximum absolute atomic E-state index is 6.25. The van der Waals surface area contributed by atoms with Gasteiger partial charge in [0.25, 0.3) is 0 Å². The molecule has 0 saturated carbocycles. The van der Waals surface area contributed by atoms with E-state index in [2.05, 4.69) is 70.8 Å². The summed E-state index contributed by atoms with van der Waals surface area (Å²) in [6.07, 6.45) is 2.48. The standard InChI is InChI=1S/C28H33NO3/c1-27(2,3)16-19-7-14-24-25(15-19)32-26(18-30-24)23-13-12-22(17-29-23)31-21-10-8-20(9-11-21)28(4,5)6/h7-15,17,26H,16,18H2,1-6H3. The van der Waals surface area contributed by atoms with E-state index in [0.29, 0.717) is 12.4 Å².